The summed E-state index contributed by atoms with van der Waals surface area (Å²) in [6.45, 7) is 2.17. The first kappa shape index (κ1) is 23.2. The van der Waals surface area contributed by atoms with Crippen LogP contribution in [0.1, 0.15) is 30.1 Å². The Hall–Kier alpha value is -4.42. The molecule has 0 saturated carbocycles. The summed E-state index contributed by atoms with van der Waals surface area (Å²) in [5.41, 5.74) is 6.78. The summed E-state index contributed by atoms with van der Waals surface area (Å²) in [5, 5.41) is 26.4. The van der Waals surface area contributed by atoms with E-state index in [0.29, 0.717) is 23.8 Å². The molecule has 0 saturated heterocycles. The zero-order valence-corrected chi connectivity index (χ0v) is 17.6. The van der Waals surface area contributed by atoms with E-state index >= 15 is 0 Å². The molecule has 0 aliphatic carbocycles. The van der Waals surface area contributed by atoms with Gasteiger partial charge in [0.25, 0.3) is 11.5 Å². The van der Waals surface area contributed by atoms with Crippen LogP contribution < -0.4 is 27.2 Å². The number of benzene rings is 1. The second kappa shape index (κ2) is 9.80. The normalized spacial score (nSPS) is 15.4. The molecule has 2 atom stereocenters. The zero-order chi connectivity index (χ0) is 24.1. The van der Waals surface area contributed by atoms with Crippen molar-refractivity contribution >= 4 is 46.7 Å². The zero-order valence-electron chi connectivity index (χ0n) is 17.6. The fraction of sp³-hybridized carbons (Fsp3) is 0.300. The van der Waals surface area contributed by atoms with Gasteiger partial charge in [0.1, 0.15) is 6.04 Å². The molecule has 8 N–H and O–H groups in total. The van der Waals surface area contributed by atoms with Crippen molar-refractivity contribution in [1.29, 1.82) is 0 Å². The number of nitrogen functional groups attached to an aromatic ring is 1. The number of carboxylic acid groups (broad SMARTS) is 2. The van der Waals surface area contributed by atoms with Gasteiger partial charge in [0, 0.05) is 17.7 Å². The van der Waals surface area contributed by atoms with E-state index in [2.05, 4.69) is 30.9 Å². The molecule has 174 valence electrons. The van der Waals surface area contributed by atoms with E-state index in [9.17, 15) is 19.2 Å². The van der Waals surface area contributed by atoms with Gasteiger partial charge in [-0.25, -0.2) is 9.79 Å². The number of carboxylic acids is 2. The lowest BCUT2D eigenvalue weighted by Gasteiger charge is -2.23. The fourth-order valence-electron chi connectivity index (χ4n) is 3.11. The molecular formula is C20H23N7O6. The van der Waals surface area contributed by atoms with Crippen LogP contribution in [0, 0.1) is 0 Å². The molecule has 0 fully saturated rings. The maximum atomic E-state index is 12.3. The number of hydrogen-bond donors (Lipinski definition) is 7. The largest absolute Gasteiger partial charge is 0.481 e. The molecule has 1 aromatic carbocycles. The molecule has 13 nitrogen and oxygen atoms in total. The van der Waals surface area contributed by atoms with Crippen molar-refractivity contribution in [3.63, 3.8) is 0 Å². The Balaban J connectivity index is 1.63. The van der Waals surface area contributed by atoms with Gasteiger partial charge in [0.2, 0.25) is 5.95 Å². The average Bonchev–Trinajstić information content (AvgIpc) is 2.75. The lowest BCUT2D eigenvalue weighted by atomic mass is 10.1. The highest BCUT2D eigenvalue weighted by molar-refractivity contribution is 6.00. The molecule has 0 bridgehead atoms. The Morgan fingerprint density at radius 1 is 1.21 bits per heavy atom. The third kappa shape index (κ3) is 5.84. The minimum atomic E-state index is -1.31. The van der Waals surface area contributed by atoms with Crippen LogP contribution in [0.15, 0.2) is 34.1 Å². The predicted molar refractivity (Wildman–Crippen MR) is 120 cm³/mol. The van der Waals surface area contributed by atoms with Gasteiger partial charge in [0.05, 0.1) is 18.3 Å². The number of nitrogens with one attached hydrogen (secondary N) is 4. The Morgan fingerprint density at radius 3 is 2.55 bits per heavy atom. The molecule has 1 amide bonds. The number of H-pyrrole nitrogens is 1. The van der Waals surface area contributed by atoms with E-state index in [-0.39, 0.29) is 36.1 Å². The number of aliphatic imine (C=N–C) groups is 1. The Kier molecular flexibility index (Phi) is 6.91. The van der Waals surface area contributed by atoms with Crippen molar-refractivity contribution < 1.29 is 24.6 Å². The predicted octanol–water partition coefficient (Wildman–Crippen LogP) is 0.399. The molecule has 13 heteroatoms. The highest BCUT2D eigenvalue weighted by Gasteiger charge is 2.23. The molecule has 1 aliphatic rings. The first-order valence-corrected chi connectivity index (χ1v) is 9.97. The lowest BCUT2D eigenvalue weighted by molar-refractivity contribution is -0.140. The summed E-state index contributed by atoms with van der Waals surface area (Å²) in [4.78, 5) is 57.1. The molecule has 1 aromatic heterocycles. The van der Waals surface area contributed by atoms with Crippen LogP contribution in [-0.2, 0) is 9.59 Å². The van der Waals surface area contributed by atoms with Crippen LogP contribution in [-0.4, -0.2) is 62.4 Å². The Morgan fingerprint density at radius 2 is 1.91 bits per heavy atom. The van der Waals surface area contributed by atoms with Crippen LogP contribution >= 0.6 is 0 Å². The second-order valence-corrected chi connectivity index (χ2v) is 7.35. The smallest absolute Gasteiger partial charge is 0.326 e. The molecule has 33 heavy (non-hydrogen) atoms. The first-order chi connectivity index (χ1) is 15.6. The van der Waals surface area contributed by atoms with Gasteiger partial charge < -0.3 is 31.9 Å². The van der Waals surface area contributed by atoms with Crippen LogP contribution in [0.25, 0.3) is 0 Å². The first-order valence-electron chi connectivity index (χ1n) is 9.97. The number of carbonyl (C=O) groups is 3. The van der Waals surface area contributed by atoms with Gasteiger partial charge in [-0.1, -0.05) is 0 Å². The summed E-state index contributed by atoms with van der Waals surface area (Å²) in [6, 6.07) is 4.76. The highest BCUT2D eigenvalue weighted by atomic mass is 16.4. The van der Waals surface area contributed by atoms with Crippen molar-refractivity contribution in [3.8, 4) is 0 Å². The van der Waals surface area contributed by atoms with Crippen LogP contribution in [0.4, 0.5) is 23.1 Å². The van der Waals surface area contributed by atoms with Crippen LogP contribution in [0.3, 0.4) is 0 Å². The van der Waals surface area contributed by atoms with Crippen molar-refractivity contribution in [2.24, 2.45) is 4.99 Å². The summed E-state index contributed by atoms with van der Waals surface area (Å²) < 4.78 is 0. The van der Waals surface area contributed by atoms with Crippen molar-refractivity contribution in [1.82, 2.24) is 15.3 Å². The van der Waals surface area contributed by atoms with E-state index < -0.39 is 29.4 Å². The molecular weight excluding hydrogens is 434 g/mol. The number of fused-ring (bicyclic) bond motifs is 1. The number of anilines is 3. The van der Waals surface area contributed by atoms with Gasteiger partial charge in [-0.2, -0.15) is 4.98 Å². The number of aromatic nitrogens is 2. The number of aliphatic carboxylic acids is 2. The standard InChI is InChI=1S/C20H23N7O6/c1-9-13(24-15-16(23-9)26-20(21)27-18(15)31)8-22-11-4-2-10(3-5-11)17(30)25-12(19(32)33)6-7-14(28)29/h2-5,9,12,22H,6-8H2,1H3,(H,25,30)(H,28,29)(H,32,33)(H4,21,23,26,27,31)/t9?,12-/m0/s1. The van der Waals surface area contributed by atoms with Crippen molar-refractivity contribution in [2.75, 3.05) is 22.9 Å². The number of aromatic amines is 1. The summed E-state index contributed by atoms with van der Waals surface area (Å²) in [5.74, 6) is -2.78. The fourth-order valence-corrected chi connectivity index (χ4v) is 3.11. The third-order valence-corrected chi connectivity index (χ3v) is 4.89. The topological polar surface area (TPSA) is 212 Å². The van der Waals surface area contributed by atoms with Gasteiger partial charge in [-0.3, -0.25) is 19.4 Å². The van der Waals surface area contributed by atoms with Gasteiger partial charge in [-0.15, -0.1) is 0 Å². The number of hydrogen-bond acceptors (Lipinski definition) is 9. The number of amides is 1. The molecule has 1 aliphatic heterocycles. The van der Waals surface area contributed by atoms with Crippen molar-refractivity contribution in [3.05, 3.63) is 40.2 Å². The van der Waals surface area contributed by atoms with Crippen molar-refractivity contribution in [2.45, 2.75) is 31.8 Å². The number of rotatable bonds is 9. The van der Waals surface area contributed by atoms with Gasteiger partial charge in [-0.05, 0) is 37.6 Å². The minimum absolute atomic E-state index is 0.00378. The molecule has 2 heterocycles. The number of nitrogens with two attached hydrogens (primary N) is 1. The number of nitrogens with zero attached hydrogens (tertiary/aromatic N) is 2. The summed E-state index contributed by atoms with van der Waals surface area (Å²) >= 11 is 0. The van der Waals surface area contributed by atoms with E-state index in [1.807, 2.05) is 6.92 Å². The summed E-state index contributed by atoms with van der Waals surface area (Å²) in [7, 11) is 0. The SMILES string of the molecule is CC1Nc2nc(N)[nH]c(=O)c2N=C1CNc1ccc(C(=O)N[C@@H](CCC(=O)O)C(=O)O)cc1. The monoisotopic (exact) mass is 457 g/mol. The highest BCUT2D eigenvalue weighted by Crippen LogP contribution is 2.24. The van der Waals surface area contributed by atoms with E-state index in [1.54, 1.807) is 12.1 Å². The van der Waals surface area contributed by atoms with Gasteiger partial charge in [0.15, 0.2) is 11.5 Å². The number of carbonyl (C=O) groups excluding carboxylic acids is 1. The van der Waals surface area contributed by atoms with Crippen LogP contribution in [0.5, 0.6) is 0 Å². The quantitative estimate of drug-likeness (QED) is 0.275. The Bertz CT molecular complexity index is 1160. The lowest BCUT2D eigenvalue weighted by Crippen LogP contribution is -2.41. The van der Waals surface area contributed by atoms with E-state index in [0.717, 1.165) is 0 Å². The molecule has 0 spiro atoms. The maximum Gasteiger partial charge on any atom is 0.326 e. The minimum Gasteiger partial charge on any atom is -0.481 e. The molecule has 0 radical (unpaired) electrons. The van der Waals surface area contributed by atoms with E-state index in [1.165, 1.54) is 12.1 Å². The third-order valence-electron chi connectivity index (χ3n) is 4.89. The molecule has 3 rings (SSSR count). The maximum absolute atomic E-state index is 12.3. The van der Waals surface area contributed by atoms with Gasteiger partial charge >= 0.3 is 11.9 Å². The van der Waals surface area contributed by atoms with Crippen LogP contribution in [0.2, 0.25) is 0 Å². The second-order valence-electron chi connectivity index (χ2n) is 7.35. The molecule has 2 aromatic rings. The van der Waals surface area contributed by atoms with E-state index in [4.69, 9.17) is 15.9 Å². The summed E-state index contributed by atoms with van der Waals surface area (Å²) in [6.07, 6.45) is -0.602. The average molecular weight is 457 g/mol. The molecule has 1 unspecified atom stereocenters. The Labute approximate surface area is 187 Å².